The molecule has 0 saturated carbocycles. The van der Waals surface area contributed by atoms with Crippen LogP contribution in [0.25, 0.3) is 0 Å². The minimum Gasteiger partial charge on any atom is -0.426 e. The van der Waals surface area contributed by atoms with E-state index in [-0.39, 0.29) is 6.07 Å². The van der Waals surface area contributed by atoms with E-state index in [4.69, 9.17) is 11.5 Å². The van der Waals surface area contributed by atoms with Gasteiger partial charge in [0.15, 0.2) is 0 Å². The van der Waals surface area contributed by atoms with Crippen LogP contribution in [0.15, 0.2) is 18.2 Å². The fourth-order valence-corrected chi connectivity index (χ4v) is 2.01. The average Bonchev–Trinajstić information content (AvgIpc) is 2.62. The highest BCUT2D eigenvalue weighted by molar-refractivity contribution is 5.60. The van der Waals surface area contributed by atoms with Gasteiger partial charge in [-0.25, -0.2) is 0 Å². The number of alkyl halides is 17. The fourth-order valence-electron chi connectivity index (χ4n) is 2.01. The first-order valence-electron chi connectivity index (χ1n) is 7.69. The van der Waals surface area contributed by atoms with Crippen LogP contribution < -0.4 is 16.2 Å². The normalized spacial score (nSPS) is 15.4. The molecule has 1 aromatic carbocycles. The lowest BCUT2D eigenvalue weighted by atomic mass is 9.90. The summed E-state index contributed by atoms with van der Waals surface area (Å²) in [6.45, 7) is 0. The predicted octanol–water partition coefficient (Wildman–Crippen LogP) is 6.20. The summed E-state index contributed by atoms with van der Waals surface area (Å²) in [5, 5.41) is 0. The zero-order valence-corrected chi connectivity index (χ0v) is 15.2. The quantitative estimate of drug-likeness (QED) is 0.304. The number of nitrogens with two attached hydrogens (primary N) is 2. The zero-order valence-electron chi connectivity index (χ0n) is 15.2. The molecule has 0 atom stereocenters. The molecule has 0 spiro atoms. The molecule has 198 valence electrons. The van der Waals surface area contributed by atoms with E-state index in [1.165, 1.54) is 0 Å². The molecule has 0 fully saturated rings. The van der Waals surface area contributed by atoms with Gasteiger partial charge in [0, 0.05) is 5.69 Å². The summed E-state index contributed by atoms with van der Waals surface area (Å²) in [6, 6.07) is 1.13. The Morgan fingerprint density at radius 1 is 0.500 bits per heavy atom. The number of benzene rings is 1. The Balaban J connectivity index is 3.61. The number of rotatable bonds is 8. The molecule has 4 N–H and O–H groups in total. The van der Waals surface area contributed by atoms with Crippen LogP contribution >= 0.6 is 0 Å². The van der Waals surface area contributed by atoms with Crippen LogP contribution in [-0.2, 0) is 0 Å². The Morgan fingerprint density at radius 2 is 0.853 bits per heavy atom. The van der Waals surface area contributed by atoms with Crippen LogP contribution in [0.2, 0.25) is 0 Å². The molecule has 0 saturated heterocycles. The minimum absolute atomic E-state index is 0.150. The van der Waals surface area contributed by atoms with E-state index in [2.05, 4.69) is 4.74 Å². The Kier molecular flexibility index (Phi) is 6.69. The first-order valence-corrected chi connectivity index (χ1v) is 7.69. The summed E-state index contributed by atoms with van der Waals surface area (Å²) in [5.74, 6) is -52.3. The lowest BCUT2D eigenvalue weighted by Crippen LogP contribution is -2.74. The van der Waals surface area contributed by atoms with Gasteiger partial charge in [0.05, 0.1) is 5.69 Å². The van der Waals surface area contributed by atoms with Crippen molar-refractivity contribution in [2.45, 2.75) is 47.8 Å². The first-order chi connectivity index (χ1) is 14.6. The van der Waals surface area contributed by atoms with Crippen molar-refractivity contribution in [3.05, 3.63) is 18.2 Å². The molecule has 0 aliphatic rings. The summed E-state index contributed by atoms with van der Waals surface area (Å²) >= 11 is 0. The molecule has 0 aromatic heterocycles. The molecule has 0 bridgehead atoms. The summed E-state index contributed by atoms with van der Waals surface area (Å²) in [6.07, 6.45) is -14.9. The van der Waals surface area contributed by atoms with Crippen molar-refractivity contribution in [2.24, 2.45) is 0 Å². The van der Waals surface area contributed by atoms with Gasteiger partial charge in [-0.3, -0.25) is 0 Å². The van der Waals surface area contributed by atoms with E-state index in [9.17, 15) is 74.6 Å². The van der Waals surface area contributed by atoms with Crippen molar-refractivity contribution in [2.75, 3.05) is 11.5 Å². The minimum atomic E-state index is -8.71. The van der Waals surface area contributed by atoms with E-state index in [0.717, 1.165) is 0 Å². The van der Waals surface area contributed by atoms with Crippen molar-refractivity contribution in [3.8, 4) is 5.75 Å². The van der Waals surface area contributed by atoms with Gasteiger partial charge in [0.1, 0.15) is 5.75 Å². The van der Waals surface area contributed by atoms with E-state index in [0.29, 0.717) is 12.1 Å². The van der Waals surface area contributed by atoms with Crippen LogP contribution in [0.5, 0.6) is 5.75 Å². The van der Waals surface area contributed by atoms with E-state index >= 15 is 0 Å². The molecule has 0 radical (unpaired) electrons. The lowest BCUT2D eigenvalue weighted by molar-refractivity contribution is -0.471. The number of ether oxygens (including phenoxy) is 1. The Labute approximate surface area is 175 Å². The van der Waals surface area contributed by atoms with E-state index in [1.807, 2.05) is 0 Å². The second kappa shape index (κ2) is 7.72. The maximum Gasteiger partial charge on any atom is 0.471 e. The summed E-state index contributed by atoms with van der Waals surface area (Å²) in [4.78, 5) is 0. The molecule has 1 aromatic rings. The average molecular weight is 542 g/mol. The monoisotopic (exact) mass is 542 g/mol. The van der Waals surface area contributed by atoms with Crippen LogP contribution in [0.3, 0.4) is 0 Å². The maximum absolute atomic E-state index is 13.7. The molecule has 0 unspecified atom stereocenters. The highest BCUT2D eigenvalue weighted by Gasteiger charge is 2.95. The molecule has 20 heteroatoms. The second-order valence-electron chi connectivity index (χ2n) is 6.36. The number of halogens is 17. The van der Waals surface area contributed by atoms with E-state index < -0.39 is 64.9 Å². The topological polar surface area (TPSA) is 61.3 Å². The number of hydrogen-bond donors (Lipinski definition) is 2. The molecule has 0 aliphatic carbocycles. The molecule has 0 heterocycles. The van der Waals surface area contributed by atoms with Crippen molar-refractivity contribution in [1.29, 1.82) is 0 Å². The SMILES string of the molecule is Nc1ccc(OC(F)(F)C(F)(F)C(F)(F)C(F)(F)C(F)(F)C(F)(F)C(F)(F)C(F)(F)F)c(N)c1. The number of anilines is 2. The zero-order chi connectivity index (χ0) is 27.6. The highest BCUT2D eigenvalue weighted by atomic mass is 19.4. The Hall–Kier alpha value is -2.57. The van der Waals surface area contributed by atoms with Crippen LogP contribution in [-0.4, -0.2) is 47.8 Å². The van der Waals surface area contributed by atoms with Gasteiger partial charge in [0.2, 0.25) is 0 Å². The fraction of sp³-hybridized carbons (Fsp3) is 0.571. The number of nitrogen functional groups attached to an aromatic ring is 2. The summed E-state index contributed by atoms with van der Waals surface area (Å²) in [7, 11) is 0. The van der Waals surface area contributed by atoms with Gasteiger partial charge in [-0.2, -0.15) is 74.6 Å². The Bertz CT molecular complexity index is 908. The van der Waals surface area contributed by atoms with Gasteiger partial charge in [-0.15, -0.1) is 0 Å². The summed E-state index contributed by atoms with van der Waals surface area (Å²) < 4.78 is 226. The van der Waals surface area contributed by atoms with E-state index in [1.54, 1.807) is 0 Å². The molecule has 3 nitrogen and oxygen atoms in total. The van der Waals surface area contributed by atoms with Crippen LogP contribution in [0.1, 0.15) is 0 Å². The molecule has 1 rings (SSSR count). The molecular formula is C14H7F17N2O. The lowest BCUT2D eigenvalue weighted by Gasteiger charge is -2.42. The second-order valence-corrected chi connectivity index (χ2v) is 6.36. The first kappa shape index (κ1) is 29.5. The third-order valence-corrected chi connectivity index (χ3v) is 3.97. The predicted molar refractivity (Wildman–Crippen MR) is 76.6 cm³/mol. The smallest absolute Gasteiger partial charge is 0.426 e. The van der Waals surface area contributed by atoms with Gasteiger partial charge < -0.3 is 16.2 Å². The standard InChI is InChI=1S/C14H7F17N2O/c15-7(16,9(19,20)11(23,24)13(27,28)29)8(17,18)10(21,22)12(25,26)14(30,31)34-6-2-1-4(32)3-5(6)33/h1-3H,32-33H2. The van der Waals surface area contributed by atoms with Gasteiger partial charge in [-0.1, -0.05) is 0 Å². The summed E-state index contributed by atoms with van der Waals surface area (Å²) in [5.41, 5.74) is 8.47. The third kappa shape index (κ3) is 3.87. The van der Waals surface area contributed by atoms with Crippen molar-refractivity contribution < 1.29 is 79.4 Å². The Morgan fingerprint density at radius 3 is 1.21 bits per heavy atom. The largest absolute Gasteiger partial charge is 0.471 e. The molecule has 0 amide bonds. The van der Waals surface area contributed by atoms with Crippen LogP contribution in [0.4, 0.5) is 86.0 Å². The maximum atomic E-state index is 13.7. The van der Waals surface area contributed by atoms with Crippen LogP contribution in [0, 0.1) is 0 Å². The van der Waals surface area contributed by atoms with Gasteiger partial charge in [0.25, 0.3) is 0 Å². The third-order valence-electron chi connectivity index (χ3n) is 3.97. The van der Waals surface area contributed by atoms with Gasteiger partial charge in [-0.05, 0) is 18.2 Å². The highest BCUT2D eigenvalue weighted by Crippen LogP contribution is 2.64. The van der Waals surface area contributed by atoms with Gasteiger partial charge >= 0.3 is 47.8 Å². The molecular weight excluding hydrogens is 535 g/mol. The van der Waals surface area contributed by atoms with Crippen molar-refractivity contribution >= 4 is 11.4 Å². The number of hydrogen-bond acceptors (Lipinski definition) is 3. The molecule has 0 aliphatic heterocycles. The van der Waals surface area contributed by atoms with Crippen molar-refractivity contribution in [3.63, 3.8) is 0 Å². The molecule has 34 heavy (non-hydrogen) atoms. The van der Waals surface area contributed by atoms with Crippen molar-refractivity contribution in [1.82, 2.24) is 0 Å².